The van der Waals surface area contributed by atoms with Crippen molar-refractivity contribution in [1.29, 1.82) is 0 Å². The highest BCUT2D eigenvalue weighted by Crippen LogP contribution is 2.19. The number of hydrogen-bond donors (Lipinski definition) is 2. The summed E-state index contributed by atoms with van der Waals surface area (Å²) in [4.78, 5) is 18.8. The molecule has 1 aromatic carbocycles. The average Bonchev–Trinajstić information content (AvgIpc) is 2.82. The van der Waals surface area contributed by atoms with Crippen LogP contribution in [0.15, 0.2) is 36.7 Å². The van der Waals surface area contributed by atoms with Crippen molar-refractivity contribution in [2.45, 2.75) is 13.8 Å². The summed E-state index contributed by atoms with van der Waals surface area (Å²) in [5.41, 5.74) is 1.74. The smallest absolute Gasteiger partial charge is 0.226 e. The Labute approximate surface area is 100 Å². The van der Waals surface area contributed by atoms with E-state index in [9.17, 15) is 4.79 Å². The second-order valence-electron chi connectivity index (χ2n) is 4.16. The molecule has 0 unspecified atom stereocenters. The van der Waals surface area contributed by atoms with Gasteiger partial charge in [0, 0.05) is 29.6 Å². The van der Waals surface area contributed by atoms with Gasteiger partial charge in [-0.25, -0.2) is 4.98 Å². The quantitative estimate of drug-likeness (QED) is 0.850. The number of imidazole rings is 1. The third kappa shape index (κ3) is 2.72. The molecule has 0 bridgehead atoms. The number of benzene rings is 1. The van der Waals surface area contributed by atoms with Crippen molar-refractivity contribution in [2.75, 3.05) is 5.32 Å². The van der Waals surface area contributed by atoms with E-state index in [1.54, 1.807) is 12.4 Å². The van der Waals surface area contributed by atoms with Gasteiger partial charge in [-0.2, -0.15) is 0 Å². The number of carbonyl (C=O) groups excluding carboxylic acids is 1. The largest absolute Gasteiger partial charge is 0.345 e. The Morgan fingerprint density at radius 2 is 2.24 bits per heavy atom. The van der Waals surface area contributed by atoms with Gasteiger partial charge < -0.3 is 10.3 Å². The lowest BCUT2D eigenvalue weighted by Gasteiger charge is -2.08. The maximum absolute atomic E-state index is 11.6. The molecule has 0 atom stereocenters. The van der Waals surface area contributed by atoms with Crippen LogP contribution in [0.4, 0.5) is 5.69 Å². The predicted octanol–water partition coefficient (Wildman–Crippen LogP) is 2.67. The van der Waals surface area contributed by atoms with Crippen LogP contribution >= 0.6 is 0 Å². The molecule has 4 heteroatoms. The van der Waals surface area contributed by atoms with Gasteiger partial charge in [0.05, 0.1) is 0 Å². The summed E-state index contributed by atoms with van der Waals surface area (Å²) < 4.78 is 0. The molecule has 0 saturated heterocycles. The highest BCUT2D eigenvalue weighted by atomic mass is 16.1. The van der Waals surface area contributed by atoms with E-state index in [2.05, 4.69) is 15.3 Å². The predicted molar refractivity (Wildman–Crippen MR) is 67.5 cm³/mol. The first-order chi connectivity index (χ1) is 8.16. The number of aromatic amines is 1. The van der Waals surface area contributed by atoms with Crippen LogP contribution in [-0.4, -0.2) is 15.9 Å². The molecule has 2 rings (SSSR count). The first-order valence-corrected chi connectivity index (χ1v) is 5.57. The molecule has 1 amide bonds. The number of H-pyrrole nitrogens is 1. The van der Waals surface area contributed by atoms with Gasteiger partial charge >= 0.3 is 0 Å². The zero-order valence-electron chi connectivity index (χ0n) is 9.90. The van der Waals surface area contributed by atoms with E-state index in [4.69, 9.17) is 0 Å². The normalized spacial score (nSPS) is 10.5. The number of carbonyl (C=O) groups is 1. The Morgan fingerprint density at radius 1 is 1.41 bits per heavy atom. The number of nitrogens with one attached hydrogen (secondary N) is 2. The summed E-state index contributed by atoms with van der Waals surface area (Å²) in [5.74, 6) is 0.787. The first-order valence-electron chi connectivity index (χ1n) is 5.57. The van der Waals surface area contributed by atoms with Crippen molar-refractivity contribution >= 4 is 11.6 Å². The Balaban J connectivity index is 2.20. The highest BCUT2D eigenvalue weighted by Gasteiger charge is 2.07. The molecule has 17 heavy (non-hydrogen) atoms. The fraction of sp³-hybridized carbons (Fsp3) is 0.231. The Hall–Kier alpha value is -2.10. The molecule has 88 valence electrons. The lowest BCUT2D eigenvalue weighted by atomic mass is 10.1. The van der Waals surface area contributed by atoms with Gasteiger partial charge in [-0.15, -0.1) is 0 Å². The van der Waals surface area contributed by atoms with E-state index >= 15 is 0 Å². The monoisotopic (exact) mass is 229 g/mol. The zero-order valence-corrected chi connectivity index (χ0v) is 9.90. The second kappa shape index (κ2) is 4.82. The molecule has 0 aliphatic heterocycles. The SMILES string of the molecule is CC(C)C(=O)Nc1cccc(-c2ncc[nH]2)c1. The minimum Gasteiger partial charge on any atom is -0.345 e. The molecule has 0 aliphatic rings. The summed E-state index contributed by atoms with van der Waals surface area (Å²) in [6.45, 7) is 3.73. The fourth-order valence-electron chi connectivity index (χ4n) is 1.45. The van der Waals surface area contributed by atoms with E-state index in [0.29, 0.717) is 0 Å². The van der Waals surface area contributed by atoms with E-state index < -0.39 is 0 Å². The fourth-order valence-corrected chi connectivity index (χ4v) is 1.45. The van der Waals surface area contributed by atoms with E-state index in [1.165, 1.54) is 0 Å². The number of anilines is 1. The summed E-state index contributed by atoms with van der Waals surface area (Å²) >= 11 is 0. The molecule has 0 radical (unpaired) electrons. The molecule has 0 spiro atoms. The van der Waals surface area contributed by atoms with Crippen LogP contribution in [-0.2, 0) is 4.79 Å². The summed E-state index contributed by atoms with van der Waals surface area (Å²) in [5, 5.41) is 2.86. The lowest BCUT2D eigenvalue weighted by Crippen LogP contribution is -2.17. The van der Waals surface area contributed by atoms with Crippen molar-refractivity contribution in [3.05, 3.63) is 36.7 Å². The number of rotatable bonds is 3. The number of nitrogens with zero attached hydrogens (tertiary/aromatic N) is 1. The second-order valence-corrected chi connectivity index (χ2v) is 4.16. The van der Waals surface area contributed by atoms with Gasteiger partial charge in [0.1, 0.15) is 5.82 Å². The Bertz CT molecular complexity index is 503. The van der Waals surface area contributed by atoms with E-state index in [-0.39, 0.29) is 11.8 Å². The lowest BCUT2D eigenvalue weighted by molar-refractivity contribution is -0.118. The van der Waals surface area contributed by atoms with E-state index in [0.717, 1.165) is 17.1 Å². The number of amides is 1. The van der Waals surface area contributed by atoms with Gasteiger partial charge in [-0.05, 0) is 12.1 Å². The average molecular weight is 229 g/mol. The Morgan fingerprint density at radius 3 is 2.88 bits per heavy atom. The van der Waals surface area contributed by atoms with Gasteiger partial charge in [0.2, 0.25) is 5.91 Å². The first kappa shape index (κ1) is 11.4. The number of aromatic nitrogens is 2. The minimum atomic E-state index is -0.0257. The third-order valence-electron chi connectivity index (χ3n) is 2.43. The standard InChI is InChI=1S/C13H15N3O/c1-9(2)13(17)16-11-5-3-4-10(8-11)12-14-6-7-15-12/h3-9H,1-2H3,(H,14,15)(H,16,17). The molecule has 0 saturated carbocycles. The summed E-state index contributed by atoms with van der Waals surface area (Å²) in [6.07, 6.45) is 3.48. The maximum Gasteiger partial charge on any atom is 0.226 e. The molecule has 1 aromatic heterocycles. The van der Waals surface area contributed by atoms with E-state index in [1.807, 2.05) is 38.1 Å². The minimum absolute atomic E-state index is 0.0154. The molecule has 4 nitrogen and oxygen atoms in total. The molecule has 1 heterocycles. The molecular weight excluding hydrogens is 214 g/mol. The van der Waals surface area contributed by atoms with Crippen LogP contribution in [0.3, 0.4) is 0 Å². The van der Waals surface area contributed by atoms with Gasteiger partial charge in [0.15, 0.2) is 0 Å². The van der Waals surface area contributed by atoms with Crippen molar-refractivity contribution < 1.29 is 4.79 Å². The van der Waals surface area contributed by atoms with Crippen LogP contribution in [0.1, 0.15) is 13.8 Å². The molecule has 2 N–H and O–H groups in total. The Kier molecular flexibility index (Phi) is 3.23. The van der Waals surface area contributed by atoms with Crippen molar-refractivity contribution in [3.8, 4) is 11.4 Å². The molecule has 0 aliphatic carbocycles. The number of hydrogen-bond acceptors (Lipinski definition) is 2. The van der Waals surface area contributed by atoms with Crippen molar-refractivity contribution in [1.82, 2.24) is 9.97 Å². The van der Waals surface area contributed by atoms with Gasteiger partial charge in [-0.1, -0.05) is 26.0 Å². The van der Waals surface area contributed by atoms with Gasteiger partial charge in [0.25, 0.3) is 0 Å². The summed E-state index contributed by atoms with van der Waals surface area (Å²) in [6, 6.07) is 7.61. The van der Waals surface area contributed by atoms with Crippen molar-refractivity contribution in [3.63, 3.8) is 0 Å². The molecule has 0 fully saturated rings. The maximum atomic E-state index is 11.6. The van der Waals surface area contributed by atoms with Crippen LogP contribution in [0.25, 0.3) is 11.4 Å². The van der Waals surface area contributed by atoms with Gasteiger partial charge in [-0.3, -0.25) is 4.79 Å². The van der Waals surface area contributed by atoms with Crippen molar-refractivity contribution in [2.24, 2.45) is 5.92 Å². The zero-order chi connectivity index (χ0) is 12.3. The van der Waals surface area contributed by atoms with Crippen LogP contribution < -0.4 is 5.32 Å². The van der Waals surface area contributed by atoms with Crippen LogP contribution in [0.2, 0.25) is 0 Å². The topological polar surface area (TPSA) is 57.8 Å². The molecular formula is C13H15N3O. The third-order valence-corrected chi connectivity index (χ3v) is 2.43. The van der Waals surface area contributed by atoms with Crippen LogP contribution in [0.5, 0.6) is 0 Å². The summed E-state index contributed by atoms with van der Waals surface area (Å²) in [7, 11) is 0. The van der Waals surface area contributed by atoms with Crippen LogP contribution in [0, 0.1) is 5.92 Å². The molecule has 2 aromatic rings. The highest BCUT2D eigenvalue weighted by molar-refractivity contribution is 5.92.